The SMILES string of the molecule is C=CCN(C(=O)C(CCSC)NC(=O)OC(C)(C)C)C(C(=O)Nc1ccccc1C)c1ccc(O)c(C)c1. The van der Waals surface area contributed by atoms with Gasteiger partial charge < -0.3 is 25.4 Å². The fraction of sp³-hybridized carbons (Fsp3) is 0.414. The third-order valence-electron chi connectivity index (χ3n) is 5.71. The molecule has 3 amide bonds. The minimum absolute atomic E-state index is 0.0520. The van der Waals surface area contributed by atoms with E-state index in [0.717, 1.165) is 5.56 Å². The number of amides is 3. The van der Waals surface area contributed by atoms with Crippen molar-refractivity contribution in [1.82, 2.24) is 10.2 Å². The number of nitrogens with one attached hydrogen (secondary N) is 2. The molecule has 0 saturated carbocycles. The summed E-state index contributed by atoms with van der Waals surface area (Å²) in [5.41, 5.74) is 1.83. The highest BCUT2D eigenvalue weighted by Gasteiger charge is 2.36. The van der Waals surface area contributed by atoms with Crippen LogP contribution in [0.1, 0.15) is 49.9 Å². The van der Waals surface area contributed by atoms with Gasteiger partial charge in [-0.2, -0.15) is 11.8 Å². The number of rotatable bonds is 11. The van der Waals surface area contributed by atoms with E-state index in [-0.39, 0.29) is 12.3 Å². The van der Waals surface area contributed by atoms with Crippen molar-refractivity contribution in [2.45, 2.75) is 58.7 Å². The van der Waals surface area contributed by atoms with Crippen molar-refractivity contribution >= 4 is 35.4 Å². The molecule has 0 saturated heterocycles. The fourth-order valence-electron chi connectivity index (χ4n) is 3.84. The minimum atomic E-state index is -1.06. The smallest absolute Gasteiger partial charge is 0.408 e. The highest BCUT2D eigenvalue weighted by Crippen LogP contribution is 2.29. The number of hydrogen-bond acceptors (Lipinski definition) is 6. The molecule has 38 heavy (non-hydrogen) atoms. The first kappa shape index (κ1) is 30.8. The quantitative estimate of drug-likeness (QED) is 0.331. The van der Waals surface area contributed by atoms with Crippen molar-refractivity contribution in [3.63, 3.8) is 0 Å². The van der Waals surface area contributed by atoms with Gasteiger partial charge in [-0.1, -0.05) is 30.3 Å². The number of phenols is 1. The third-order valence-corrected chi connectivity index (χ3v) is 6.35. The highest BCUT2D eigenvalue weighted by molar-refractivity contribution is 7.98. The Morgan fingerprint density at radius 3 is 2.39 bits per heavy atom. The van der Waals surface area contributed by atoms with E-state index in [1.54, 1.807) is 63.7 Å². The van der Waals surface area contributed by atoms with Gasteiger partial charge in [0, 0.05) is 12.2 Å². The Morgan fingerprint density at radius 2 is 1.82 bits per heavy atom. The molecule has 0 spiro atoms. The summed E-state index contributed by atoms with van der Waals surface area (Å²) in [6.45, 7) is 12.7. The summed E-state index contributed by atoms with van der Waals surface area (Å²) in [4.78, 5) is 41.8. The zero-order valence-corrected chi connectivity index (χ0v) is 23.9. The van der Waals surface area contributed by atoms with Gasteiger partial charge in [-0.05, 0) is 87.9 Å². The predicted molar refractivity (Wildman–Crippen MR) is 153 cm³/mol. The van der Waals surface area contributed by atoms with Gasteiger partial charge in [0.1, 0.15) is 23.4 Å². The molecule has 0 aliphatic carbocycles. The molecule has 0 bridgehead atoms. The van der Waals surface area contributed by atoms with Crippen LogP contribution in [0, 0.1) is 13.8 Å². The number of nitrogens with zero attached hydrogens (tertiary/aromatic N) is 1. The maximum absolute atomic E-state index is 14.0. The second kappa shape index (κ2) is 13.9. The molecule has 2 rings (SSSR count). The van der Waals surface area contributed by atoms with Crippen LogP contribution in [0.2, 0.25) is 0 Å². The maximum atomic E-state index is 14.0. The zero-order valence-electron chi connectivity index (χ0n) is 23.0. The molecule has 0 aliphatic rings. The fourth-order valence-corrected chi connectivity index (χ4v) is 4.31. The van der Waals surface area contributed by atoms with E-state index in [1.807, 2.05) is 31.4 Å². The zero-order chi connectivity index (χ0) is 28.5. The number of para-hydroxylation sites is 1. The first-order chi connectivity index (χ1) is 17.9. The van der Waals surface area contributed by atoms with Gasteiger partial charge in [-0.25, -0.2) is 4.79 Å². The number of carbonyl (C=O) groups is 3. The summed E-state index contributed by atoms with van der Waals surface area (Å²) in [5, 5.41) is 15.7. The summed E-state index contributed by atoms with van der Waals surface area (Å²) < 4.78 is 5.40. The van der Waals surface area contributed by atoms with Crippen LogP contribution in [0.15, 0.2) is 55.1 Å². The number of aryl methyl sites for hydroxylation is 2. The number of thioether (sulfide) groups is 1. The van der Waals surface area contributed by atoms with Crippen molar-refractivity contribution < 1.29 is 24.2 Å². The minimum Gasteiger partial charge on any atom is -0.508 e. The number of ether oxygens (including phenoxy) is 1. The Kier molecular flexibility index (Phi) is 11.3. The van der Waals surface area contributed by atoms with E-state index < -0.39 is 35.6 Å². The Bertz CT molecular complexity index is 1150. The predicted octanol–water partition coefficient (Wildman–Crippen LogP) is 5.35. The van der Waals surface area contributed by atoms with E-state index in [2.05, 4.69) is 17.2 Å². The van der Waals surface area contributed by atoms with Gasteiger partial charge in [0.2, 0.25) is 5.91 Å². The molecule has 0 aromatic heterocycles. The molecule has 2 unspecified atom stereocenters. The maximum Gasteiger partial charge on any atom is 0.408 e. The van der Waals surface area contributed by atoms with Gasteiger partial charge in [-0.3, -0.25) is 9.59 Å². The lowest BCUT2D eigenvalue weighted by atomic mass is 9.99. The Morgan fingerprint density at radius 1 is 1.13 bits per heavy atom. The molecule has 8 nitrogen and oxygen atoms in total. The number of hydrogen-bond donors (Lipinski definition) is 3. The van der Waals surface area contributed by atoms with Gasteiger partial charge in [0.15, 0.2) is 0 Å². The van der Waals surface area contributed by atoms with E-state index in [0.29, 0.717) is 29.0 Å². The largest absolute Gasteiger partial charge is 0.508 e. The van der Waals surface area contributed by atoms with Crippen LogP contribution in [-0.4, -0.2) is 58.1 Å². The molecular weight excluding hydrogens is 502 g/mol. The van der Waals surface area contributed by atoms with Crippen LogP contribution < -0.4 is 10.6 Å². The second-order valence-electron chi connectivity index (χ2n) is 10.0. The normalized spacial score (nSPS) is 12.7. The molecule has 0 radical (unpaired) electrons. The molecule has 0 aliphatic heterocycles. The molecule has 206 valence electrons. The Balaban J connectivity index is 2.53. The standard InChI is InChI=1S/C29H39N3O5S/c1-8-16-32(27(35)23(15-17-38-7)31-28(36)37-29(4,5)6)25(21-13-14-24(33)20(3)18-21)26(34)30-22-12-10-9-11-19(22)2/h8-14,18,23,25,33H,1,15-17H2,2-7H3,(H,30,34)(H,31,36). The number of anilines is 1. The first-order valence-electron chi connectivity index (χ1n) is 12.4. The Labute approximate surface area is 229 Å². The third kappa shape index (κ3) is 8.83. The van der Waals surface area contributed by atoms with Crippen LogP contribution in [0.25, 0.3) is 0 Å². The van der Waals surface area contributed by atoms with E-state index in [4.69, 9.17) is 4.74 Å². The summed E-state index contributed by atoms with van der Waals surface area (Å²) >= 11 is 1.54. The van der Waals surface area contributed by atoms with Gasteiger partial charge in [-0.15, -0.1) is 6.58 Å². The van der Waals surface area contributed by atoms with Crippen LogP contribution in [0.3, 0.4) is 0 Å². The van der Waals surface area contributed by atoms with Crippen LogP contribution in [0.4, 0.5) is 10.5 Å². The molecule has 2 aromatic carbocycles. The topological polar surface area (TPSA) is 108 Å². The highest BCUT2D eigenvalue weighted by atomic mass is 32.2. The van der Waals surface area contributed by atoms with Crippen LogP contribution >= 0.6 is 11.8 Å². The number of aromatic hydroxyl groups is 1. The van der Waals surface area contributed by atoms with Crippen molar-refractivity contribution in [3.05, 3.63) is 71.8 Å². The number of carbonyl (C=O) groups excluding carboxylic acids is 3. The van der Waals surface area contributed by atoms with Crippen molar-refractivity contribution in [2.75, 3.05) is 23.9 Å². The average molecular weight is 542 g/mol. The molecule has 9 heteroatoms. The van der Waals surface area contributed by atoms with Crippen molar-refractivity contribution in [3.8, 4) is 5.75 Å². The summed E-state index contributed by atoms with van der Waals surface area (Å²) in [5.74, 6) is -0.189. The summed E-state index contributed by atoms with van der Waals surface area (Å²) in [6.07, 6.45) is 3.08. The second-order valence-corrected chi connectivity index (χ2v) is 11.0. The monoisotopic (exact) mass is 541 g/mol. The van der Waals surface area contributed by atoms with Gasteiger partial charge in [0.25, 0.3) is 5.91 Å². The molecule has 0 heterocycles. The Hall–Kier alpha value is -3.46. The lowest BCUT2D eigenvalue weighted by molar-refractivity contribution is -0.140. The first-order valence-corrected chi connectivity index (χ1v) is 13.8. The summed E-state index contributed by atoms with van der Waals surface area (Å²) in [7, 11) is 0. The van der Waals surface area contributed by atoms with E-state index in [1.165, 1.54) is 11.0 Å². The lowest BCUT2D eigenvalue weighted by Gasteiger charge is -2.34. The number of benzene rings is 2. The van der Waals surface area contributed by atoms with E-state index >= 15 is 0 Å². The van der Waals surface area contributed by atoms with E-state index in [9.17, 15) is 19.5 Å². The molecule has 2 aromatic rings. The molecule has 2 atom stereocenters. The van der Waals surface area contributed by atoms with Crippen molar-refractivity contribution in [1.29, 1.82) is 0 Å². The summed E-state index contributed by atoms with van der Waals surface area (Å²) in [6, 6.07) is 10.2. The number of phenolic OH excluding ortho intramolecular Hbond substituents is 1. The molecule has 3 N–H and O–H groups in total. The van der Waals surface area contributed by atoms with Gasteiger partial charge >= 0.3 is 6.09 Å². The van der Waals surface area contributed by atoms with Crippen molar-refractivity contribution in [2.24, 2.45) is 0 Å². The number of alkyl carbamates (subject to hydrolysis) is 1. The van der Waals surface area contributed by atoms with Crippen LogP contribution in [-0.2, 0) is 14.3 Å². The van der Waals surface area contributed by atoms with Crippen LogP contribution in [0.5, 0.6) is 5.75 Å². The molecule has 0 fully saturated rings. The molecular formula is C29H39N3O5S. The average Bonchev–Trinajstić information content (AvgIpc) is 2.83. The van der Waals surface area contributed by atoms with Gasteiger partial charge in [0.05, 0.1) is 0 Å². The lowest BCUT2D eigenvalue weighted by Crippen LogP contribution is -2.52.